The zero-order chi connectivity index (χ0) is 16.1. The summed E-state index contributed by atoms with van der Waals surface area (Å²) in [6.07, 6.45) is 8.92. The van der Waals surface area contributed by atoms with Crippen molar-refractivity contribution in [2.24, 2.45) is 5.92 Å². The molecule has 1 aromatic heterocycles. The first kappa shape index (κ1) is 16.5. The first-order valence-corrected chi connectivity index (χ1v) is 8.91. The number of amides is 1. The minimum atomic E-state index is 0.0836. The van der Waals surface area contributed by atoms with Crippen molar-refractivity contribution in [2.75, 3.05) is 26.2 Å². The summed E-state index contributed by atoms with van der Waals surface area (Å²) >= 11 is 0. The lowest BCUT2D eigenvalue weighted by molar-refractivity contribution is -0.125. The molecule has 1 amide bonds. The van der Waals surface area contributed by atoms with Gasteiger partial charge in [-0.1, -0.05) is 0 Å². The maximum Gasteiger partial charge on any atom is 0.223 e. The smallest absolute Gasteiger partial charge is 0.223 e. The number of aryl methyl sites for hydroxylation is 1. The van der Waals surface area contributed by atoms with Crippen molar-refractivity contribution in [3.05, 3.63) is 17.5 Å². The number of nitrogens with one attached hydrogen (secondary N) is 2. The van der Waals surface area contributed by atoms with E-state index in [0.717, 1.165) is 63.9 Å². The van der Waals surface area contributed by atoms with Gasteiger partial charge < -0.3 is 10.4 Å². The summed E-state index contributed by atoms with van der Waals surface area (Å²) in [5.74, 6) is 0.264. The van der Waals surface area contributed by atoms with Crippen LogP contribution in [0, 0.1) is 5.92 Å². The topological polar surface area (TPSA) is 81.2 Å². The summed E-state index contributed by atoms with van der Waals surface area (Å²) in [4.78, 5) is 14.6. The average Bonchev–Trinajstić information content (AvgIpc) is 3.22. The lowest BCUT2D eigenvalue weighted by Crippen LogP contribution is -2.35. The van der Waals surface area contributed by atoms with Crippen molar-refractivity contribution in [2.45, 2.75) is 51.0 Å². The molecule has 1 aliphatic heterocycles. The Bertz CT molecular complexity index is 516. The molecule has 6 heteroatoms. The van der Waals surface area contributed by atoms with Gasteiger partial charge in [-0.2, -0.15) is 5.10 Å². The van der Waals surface area contributed by atoms with Crippen LogP contribution >= 0.6 is 0 Å². The molecule has 1 aromatic rings. The summed E-state index contributed by atoms with van der Waals surface area (Å²) in [5, 5.41) is 19.4. The van der Waals surface area contributed by atoms with Gasteiger partial charge in [-0.25, -0.2) is 0 Å². The van der Waals surface area contributed by atoms with Gasteiger partial charge in [0, 0.05) is 30.6 Å². The maximum absolute atomic E-state index is 12.3. The Balaban J connectivity index is 1.31. The molecule has 1 aliphatic carbocycles. The Kier molecular flexibility index (Phi) is 5.67. The number of unbranched alkanes of at least 4 members (excludes halogenated alkanes) is 1. The Hall–Kier alpha value is -1.40. The molecule has 1 saturated heterocycles. The molecule has 128 valence electrons. The van der Waals surface area contributed by atoms with Crippen molar-refractivity contribution < 1.29 is 9.90 Å². The van der Waals surface area contributed by atoms with Crippen molar-refractivity contribution in [3.8, 4) is 0 Å². The monoisotopic (exact) mass is 320 g/mol. The van der Waals surface area contributed by atoms with Gasteiger partial charge >= 0.3 is 0 Å². The van der Waals surface area contributed by atoms with Gasteiger partial charge in [-0.15, -0.1) is 0 Å². The number of aliphatic hydroxyl groups excluding tert-OH is 1. The largest absolute Gasteiger partial charge is 0.395 e. The second kappa shape index (κ2) is 7.93. The van der Waals surface area contributed by atoms with E-state index < -0.39 is 0 Å². The van der Waals surface area contributed by atoms with Crippen LogP contribution in [0.25, 0.3) is 0 Å². The number of aromatic nitrogens is 2. The molecule has 1 fully saturated rings. The molecule has 6 nitrogen and oxygen atoms in total. The zero-order valence-electron chi connectivity index (χ0n) is 13.8. The first-order chi connectivity index (χ1) is 11.3. The number of rotatable bonds is 7. The van der Waals surface area contributed by atoms with Crippen LogP contribution in [-0.2, 0) is 17.6 Å². The van der Waals surface area contributed by atoms with Gasteiger partial charge in [0.25, 0.3) is 0 Å². The minimum Gasteiger partial charge on any atom is -0.395 e. The maximum atomic E-state index is 12.3. The Labute approximate surface area is 137 Å². The van der Waals surface area contributed by atoms with Crippen LogP contribution in [0.5, 0.6) is 0 Å². The molecule has 0 spiro atoms. The molecule has 0 aromatic carbocycles. The molecule has 2 atom stereocenters. The fourth-order valence-corrected chi connectivity index (χ4v) is 3.82. The number of carbonyl (C=O) groups is 1. The van der Waals surface area contributed by atoms with Gasteiger partial charge in [0.2, 0.25) is 5.91 Å². The second-order valence-corrected chi connectivity index (χ2v) is 6.83. The molecular formula is C17H28N4O2. The van der Waals surface area contributed by atoms with E-state index in [2.05, 4.69) is 20.4 Å². The molecule has 2 heterocycles. The lowest BCUT2D eigenvalue weighted by atomic mass is 9.87. The van der Waals surface area contributed by atoms with Crippen LogP contribution in [-0.4, -0.2) is 58.4 Å². The number of hydrogen-bond donors (Lipinski definition) is 3. The first-order valence-electron chi connectivity index (χ1n) is 8.91. The number of fused-ring (bicyclic) bond motifs is 1. The number of aliphatic hydroxyl groups is 1. The average molecular weight is 320 g/mol. The van der Waals surface area contributed by atoms with Crippen LogP contribution < -0.4 is 5.32 Å². The highest BCUT2D eigenvalue weighted by Crippen LogP contribution is 2.23. The van der Waals surface area contributed by atoms with E-state index in [1.807, 2.05) is 6.20 Å². The predicted octanol–water partition coefficient (Wildman–Crippen LogP) is 0.868. The van der Waals surface area contributed by atoms with E-state index in [-0.39, 0.29) is 18.4 Å². The van der Waals surface area contributed by atoms with Gasteiger partial charge in [0.1, 0.15) is 0 Å². The fraction of sp³-hybridized carbons (Fsp3) is 0.765. The molecule has 0 radical (unpaired) electrons. The molecular weight excluding hydrogens is 292 g/mol. The van der Waals surface area contributed by atoms with Crippen molar-refractivity contribution in [3.63, 3.8) is 0 Å². The highest BCUT2D eigenvalue weighted by atomic mass is 16.3. The number of carbonyl (C=O) groups excluding carboxylic acids is 1. The molecule has 0 saturated carbocycles. The molecule has 0 bridgehead atoms. The third-order valence-corrected chi connectivity index (χ3v) is 5.27. The van der Waals surface area contributed by atoms with E-state index in [4.69, 9.17) is 0 Å². The number of H-pyrrole nitrogens is 1. The minimum absolute atomic E-state index is 0.0836. The molecule has 23 heavy (non-hydrogen) atoms. The van der Waals surface area contributed by atoms with E-state index in [1.165, 1.54) is 12.0 Å². The van der Waals surface area contributed by atoms with Gasteiger partial charge in [-0.3, -0.25) is 14.8 Å². The van der Waals surface area contributed by atoms with Crippen LogP contribution in [0.3, 0.4) is 0 Å². The van der Waals surface area contributed by atoms with Crippen LogP contribution in [0.2, 0.25) is 0 Å². The highest BCUT2D eigenvalue weighted by Gasteiger charge is 2.26. The Morgan fingerprint density at radius 2 is 2.35 bits per heavy atom. The number of nitrogens with zero attached hydrogens (tertiary/aromatic N) is 2. The number of hydrogen-bond acceptors (Lipinski definition) is 4. The summed E-state index contributed by atoms with van der Waals surface area (Å²) in [5.41, 5.74) is 2.39. The van der Waals surface area contributed by atoms with Gasteiger partial charge in [0.05, 0.1) is 12.8 Å². The number of likely N-dealkylation sites (tertiary alicyclic amines) is 1. The lowest BCUT2D eigenvalue weighted by Gasteiger charge is -2.23. The van der Waals surface area contributed by atoms with Gasteiger partial charge in [-0.05, 0) is 57.2 Å². The van der Waals surface area contributed by atoms with E-state index in [0.29, 0.717) is 6.04 Å². The fourth-order valence-electron chi connectivity index (χ4n) is 3.82. The molecule has 2 aliphatic rings. The standard InChI is InChI=1S/C17H28N4O2/c22-12-15-4-3-9-21(15)8-2-1-7-18-17(23)13-5-6-14-11-19-20-16(14)10-13/h11,13,15,22H,1-10,12H2,(H,18,23)(H,19,20). The Morgan fingerprint density at radius 3 is 3.22 bits per heavy atom. The van der Waals surface area contributed by atoms with Crippen LogP contribution in [0.15, 0.2) is 6.20 Å². The zero-order valence-corrected chi connectivity index (χ0v) is 13.8. The van der Waals surface area contributed by atoms with E-state index in [9.17, 15) is 9.90 Å². The summed E-state index contributed by atoms with van der Waals surface area (Å²) in [6, 6.07) is 0.357. The summed E-state index contributed by atoms with van der Waals surface area (Å²) < 4.78 is 0. The molecule has 2 unspecified atom stereocenters. The predicted molar refractivity (Wildman–Crippen MR) is 88.0 cm³/mol. The van der Waals surface area contributed by atoms with Gasteiger partial charge in [0.15, 0.2) is 0 Å². The number of aromatic amines is 1. The van der Waals surface area contributed by atoms with Crippen LogP contribution in [0.1, 0.15) is 43.4 Å². The third kappa shape index (κ3) is 4.12. The van der Waals surface area contributed by atoms with E-state index >= 15 is 0 Å². The normalized spacial score (nSPS) is 24.6. The Morgan fingerprint density at radius 1 is 1.43 bits per heavy atom. The summed E-state index contributed by atoms with van der Waals surface area (Å²) in [7, 11) is 0. The SMILES string of the molecule is O=C(NCCCCN1CCCC1CO)C1CCc2cn[nH]c2C1. The molecule has 3 N–H and O–H groups in total. The van der Waals surface area contributed by atoms with Crippen LogP contribution in [0.4, 0.5) is 0 Å². The third-order valence-electron chi connectivity index (χ3n) is 5.27. The molecule has 3 rings (SSSR count). The quantitative estimate of drug-likeness (QED) is 0.651. The summed E-state index contributed by atoms with van der Waals surface area (Å²) in [6.45, 7) is 3.16. The van der Waals surface area contributed by atoms with Crippen molar-refractivity contribution >= 4 is 5.91 Å². The second-order valence-electron chi connectivity index (χ2n) is 6.83. The highest BCUT2D eigenvalue weighted by molar-refractivity contribution is 5.79. The van der Waals surface area contributed by atoms with E-state index in [1.54, 1.807) is 0 Å². The van der Waals surface area contributed by atoms with Crippen molar-refractivity contribution in [1.29, 1.82) is 0 Å². The van der Waals surface area contributed by atoms with Crippen molar-refractivity contribution in [1.82, 2.24) is 20.4 Å².